The van der Waals surface area contributed by atoms with Gasteiger partial charge in [-0.15, -0.1) is 13.2 Å². The molecule has 0 unspecified atom stereocenters. The molecule has 2 aromatic rings. The SMILES string of the molecule is CC1CCN(C2=C(c3ccccc3)C(=O)N(c3ccc(OC(F)(F)F)cc3)C2=O)CC1. The standard InChI is InChI=1S/C23H21F3N2O3/c1-15-11-13-27(14-12-15)20-19(16-5-3-2-4-6-16)21(29)28(22(20)30)17-7-9-18(10-8-17)31-23(24,25)26/h2-10,15H,11-14H2,1H3. The van der Waals surface area contributed by atoms with Crippen molar-refractivity contribution in [3.05, 3.63) is 65.9 Å². The molecule has 0 saturated carbocycles. The Morgan fingerprint density at radius 1 is 0.903 bits per heavy atom. The van der Waals surface area contributed by atoms with E-state index in [-0.39, 0.29) is 5.69 Å². The van der Waals surface area contributed by atoms with Gasteiger partial charge >= 0.3 is 6.36 Å². The van der Waals surface area contributed by atoms with Crippen LogP contribution < -0.4 is 9.64 Å². The lowest BCUT2D eigenvalue weighted by Crippen LogP contribution is -2.38. The van der Waals surface area contributed by atoms with Crippen LogP contribution in [0.1, 0.15) is 25.3 Å². The first kappa shape index (κ1) is 21.0. The number of hydrogen-bond donors (Lipinski definition) is 0. The van der Waals surface area contributed by atoms with Crippen molar-refractivity contribution in [2.24, 2.45) is 5.92 Å². The second-order valence-corrected chi connectivity index (χ2v) is 7.75. The van der Waals surface area contributed by atoms with Crippen LogP contribution in [0.25, 0.3) is 5.57 Å². The Hall–Kier alpha value is -3.29. The van der Waals surface area contributed by atoms with Crippen LogP contribution in [0.15, 0.2) is 60.3 Å². The maximum Gasteiger partial charge on any atom is 0.573 e. The third-order valence-corrected chi connectivity index (χ3v) is 5.55. The molecule has 5 nitrogen and oxygen atoms in total. The van der Waals surface area contributed by atoms with Crippen LogP contribution in [-0.4, -0.2) is 36.2 Å². The van der Waals surface area contributed by atoms with Crippen molar-refractivity contribution in [1.29, 1.82) is 0 Å². The topological polar surface area (TPSA) is 49.9 Å². The van der Waals surface area contributed by atoms with Gasteiger partial charge < -0.3 is 9.64 Å². The normalized spacial score (nSPS) is 18.2. The highest BCUT2D eigenvalue weighted by molar-refractivity contribution is 6.45. The van der Waals surface area contributed by atoms with Gasteiger partial charge in [0.1, 0.15) is 11.4 Å². The lowest BCUT2D eigenvalue weighted by Gasteiger charge is -2.32. The number of carbonyl (C=O) groups is 2. The number of hydrogen-bond acceptors (Lipinski definition) is 4. The largest absolute Gasteiger partial charge is 0.573 e. The Labute approximate surface area is 177 Å². The first-order chi connectivity index (χ1) is 14.7. The molecular formula is C23H21F3N2O3. The Kier molecular flexibility index (Phi) is 5.47. The number of nitrogens with zero attached hydrogens (tertiary/aromatic N) is 2. The number of anilines is 1. The van der Waals surface area contributed by atoms with Crippen molar-refractivity contribution in [2.45, 2.75) is 26.1 Å². The molecule has 2 amide bonds. The number of piperidine rings is 1. The molecule has 0 aromatic heterocycles. The van der Waals surface area contributed by atoms with Crippen molar-refractivity contribution < 1.29 is 27.5 Å². The average Bonchev–Trinajstić information content (AvgIpc) is 2.99. The number of carbonyl (C=O) groups excluding carboxylic acids is 2. The molecule has 2 aliphatic heterocycles. The van der Waals surface area contributed by atoms with E-state index in [1.807, 2.05) is 11.0 Å². The molecule has 2 aromatic carbocycles. The maximum atomic E-state index is 13.4. The number of alkyl halides is 3. The van der Waals surface area contributed by atoms with Crippen molar-refractivity contribution in [3.63, 3.8) is 0 Å². The summed E-state index contributed by atoms with van der Waals surface area (Å²) in [5.41, 5.74) is 1.49. The second-order valence-electron chi connectivity index (χ2n) is 7.75. The second kappa shape index (κ2) is 8.09. The van der Waals surface area contributed by atoms with E-state index in [0.717, 1.165) is 29.9 Å². The van der Waals surface area contributed by atoms with E-state index in [0.29, 0.717) is 35.8 Å². The summed E-state index contributed by atoms with van der Waals surface area (Å²) in [4.78, 5) is 29.7. The van der Waals surface area contributed by atoms with Crippen LogP contribution in [-0.2, 0) is 9.59 Å². The third kappa shape index (κ3) is 4.28. The summed E-state index contributed by atoms with van der Waals surface area (Å²) in [5.74, 6) is -0.837. The van der Waals surface area contributed by atoms with E-state index in [1.165, 1.54) is 12.1 Å². The summed E-state index contributed by atoms with van der Waals surface area (Å²) in [7, 11) is 0. The van der Waals surface area contributed by atoms with E-state index < -0.39 is 23.9 Å². The fourth-order valence-electron chi connectivity index (χ4n) is 3.94. The average molecular weight is 430 g/mol. The Balaban J connectivity index is 1.70. The highest BCUT2D eigenvalue weighted by Crippen LogP contribution is 2.37. The van der Waals surface area contributed by atoms with E-state index in [1.54, 1.807) is 24.3 Å². The quantitative estimate of drug-likeness (QED) is 0.666. The molecule has 8 heteroatoms. The van der Waals surface area contributed by atoms with Crippen LogP contribution in [0.3, 0.4) is 0 Å². The van der Waals surface area contributed by atoms with E-state index in [9.17, 15) is 22.8 Å². The van der Waals surface area contributed by atoms with Crippen molar-refractivity contribution in [2.75, 3.05) is 18.0 Å². The molecule has 162 valence electrons. The zero-order valence-corrected chi connectivity index (χ0v) is 16.9. The highest BCUT2D eigenvalue weighted by Gasteiger charge is 2.43. The van der Waals surface area contributed by atoms with Crippen molar-refractivity contribution in [1.82, 2.24) is 4.90 Å². The molecule has 0 atom stereocenters. The molecule has 1 fully saturated rings. The minimum Gasteiger partial charge on any atom is -0.406 e. The molecule has 31 heavy (non-hydrogen) atoms. The van der Waals surface area contributed by atoms with Crippen LogP contribution in [0.4, 0.5) is 18.9 Å². The first-order valence-corrected chi connectivity index (χ1v) is 10.0. The molecule has 0 N–H and O–H groups in total. The first-order valence-electron chi connectivity index (χ1n) is 10.0. The molecule has 0 bridgehead atoms. The van der Waals surface area contributed by atoms with Crippen molar-refractivity contribution in [3.8, 4) is 5.75 Å². The Morgan fingerprint density at radius 3 is 2.10 bits per heavy atom. The fourth-order valence-corrected chi connectivity index (χ4v) is 3.94. The summed E-state index contributed by atoms with van der Waals surface area (Å²) in [6.07, 6.45) is -2.99. The predicted octanol–water partition coefficient (Wildman–Crippen LogP) is 4.60. The predicted molar refractivity (Wildman–Crippen MR) is 109 cm³/mol. The maximum absolute atomic E-state index is 13.4. The number of ether oxygens (including phenoxy) is 1. The van der Waals surface area contributed by atoms with Crippen molar-refractivity contribution >= 4 is 23.1 Å². The Bertz CT molecular complexity index is 1010. The minimum absolute atomic E-state index is 0.193. The van der Waals surface area contributed by atoms with Crippen LogP contribution >= 0.6 is 0 Å². The van der Waals surface area contributed by atoms with Crippen LogP contribution in [0.2, 0.25) is 0 Å². The fraction of sp³-hybridized carbons (Fsp3) is 0.304. The number of halogens is 3. The minimum atomic E-state index is -4.82. The number of amides is 2. The van der Waals surface area contributed by atoms with Gasteiger partial charge in [-0.1, -0.05) is 37.3 Å². The smallest absolute Gasteiger partial charge is 0.406 e. The van der Waals surface area contributed by atoms with E-state index in [4.69, 9.17) is 0 Å². The number of imide groups is 1. The van der Waals surface area contributed by atoms with E-state index >= 15 is 0 Å². The van der Waals surface area contributed by atoms with E-state index in [2.05, 4.69) is 11.7 Å². The zero-order valence-electron chi connectivity index (χ0n) is 16.9. The summed E-state index contributed by atoms with van der Waals surface area (Å²) in [5, 5.41) is 0. The number of rotatable bonds is 4. The van der Waals surface area contributed by atoms with Gasteiger partial charge in [0.2, 0.25) is 0 Å². The molecule has 0 radical (unpaired) electrons. The molecule has 0 aliphatic carbocycles. The van der Waals surface area contributed by atoms with Gasteiger partial charge in [0.05, 0.1) is 11.3 Å². The summed E-state index contributed by atoms with van der Waals surface area (Å²) in [6, 6.07) is 13.7. The van der Waals surface area contributed by atoms with Gasteiger partial charge in [0.25, 0.3) is 11.8 Å². The highest BCUT2D eigenvalue weighted by atomic mass is 19.4. The molecular weight excluding hydrogens is 409 g/mol. The molecule has 0 spiro atoms. The molecule has 4 rings (SSSR count). The zero-order chi connectivity index (χ0) is 22.2. The van der Waals surface area contributed by atoms with Crippen LogP contribution in [0, 0.1) is 5.92 Å². The lowest BCUT2D eigenvalue weighted by atomic mass is 9.97. The van der Waals surface area contributed by atoms with Gasteiger partial charge in [-0.05, 0) is 48.6 Å². The van der Waals surface area contributed by atoms with Gasteiger partial charge in [-0.2, -0.15) is 0 Å². The lowest BCUT2D eigenvalue weighted by molar-refractivity contribution is -0.274. The third-order valence-electron chi connectivity index (χ3n) is 5.55. The van der Waals surface area contributed by atoms with Gasteiger partial charge in [0.15, 0.2) is 0 Å². The summed E-state index contributed by atoms with van der Waals surface area (Å²) >= 11 is 0. The van der Waals surface area contributed by atoms with Crippen LogP contribution in [0.5, 0.6) is 5.75 Å². The van der Waals surface area contributed by atoms with Gasteiger partial charge in [-0.3, -0.25) is 9.59 Å². The summed E-state index contributed by atoms with van der Waals surface area (Å²) in [6.45, 7) is 3.48. The monoisotopic (exact) mass is 430 g/mol. The number of benzene rings is 2. The molecule has 1 saturated heterocycles. The summed E-state index contributed by atoms with van der Waals surface area (Å²) < 4.78 is 41.2. The molecule has 2 heterocycles. The molecule has 2 aliphatic rings. The number of likely N-dealkylation sites (tertiary alicyclic amines) is 1. The van der Waals surface area contributed by atoms with Gasteiger partial charge in [-0.25, -0.2) is 4.90 Å². The van der Waals surface area contributed by atoms with Gasteiger partial charge in [0, 0.05) is 13.1 Å². The Morgan fingerprint density at radius 2 is 1.52 bits per heavy atom.